The van der Waals surface area contributed by atoms with Crippen LogP contribution in [0.15, 0.2) is 18.2 Å². The molecule has 1 atom stereocenters. The highest BCUT2D eigenvalue weighted by atomic mass is 35.5. The number of nitrogens with two attached hydrogens (primary N) is 1. The SMILES string of the molecule is CCC(CCN)CCC(=O)Nc1cccc(Cl)c1C(=O)O. The topological polar surface area (TPSA) is 92.4 Å². The zero-order chi connectivity index (χ0) is 15.8. The van der Waals surface area contributed by atoms with E-state index in [0.29, 0.717) is 18.9 Å². The summed E-state index contributed by atoms with van der Waals surface area (Å²) in [6.45, 7) is 2.68. The van der Waals surface area contributed by atoms with E-state index in [-0.39, 0.29) is 22.2 Å². The van der Waals surface area contributed by atoms with Gasteiger partial charge < -0.3 is 16.2 Å². The highest BCUT2D eigenvalue weighted by molar-refractivity contribution is 6.34. The lowest BCUT2D eigenvalue weighted by Gasteiger charge is -2.14. The molecule has 0 radical (unpaired) electrons. The lowest BCUT2D eigenvalue weighted by Crippen LogP contribution is -2.17. The second-order valence-corrected chi connectivity index (χ2v) is 5.31. The second kappa shape index (κ2) is 8.64. The summed E-state index contributed by atoms with van der Waals surface area (Å²) < 4.78 is 0. The van der Waals surface area contributed by atoms with E-state index < -0.39 is 5.97 Å². The van der Waals surface area contributed by atoms with E-state index >= 15 is 0 Å². The number of amides is 1. The van der Waals surface area contributed by atoms with Crippen LogP contribution in [0.25, 0.3) is 0 Å². The first-order valence-electron chi connectivity index (χ1n) is 7.01. The van der Waals surface area contributed by atoms with Crippen molar-refractivity contribution in [1.29, 1.82) is 0 Å². The van der Waals surface area contributed by atoms with E-state index in [1.807, 2.05) is 0 Å². The average molecular weight is 313 g/mol. The molecular formula is C15H21ClN2O3. The third kappa shape index (κ3) is 5.36. The van der Waals surface area contributed by atoms with Gasteiger partial charge in [-0.2, -0.15) is 0 Å². The number of carbonyl (C=O) groups excluding carboxylic acids is 1. The first kappa shape index (κ1) is 17.5. The smallest absolute Gasteiger partial charge is 0.339 e. The summed E-state index contributed by atoms with van der Waals surface area (Å²) in [5.41, 5.74) is 5.67. The maximum atomic E-state index is 11.9. The third-order valence-electron chi connectivity index (χ3n) is 3.43. The van der Waals surface area contributed by atoms with Crippen LogP contribution in [0.1, 0.15) is 43.0 Å². The van der Waals surface area contributed by atoms with Crippen molar-refractivity contribution < 1.29 is 14.7 Å². The van der Waals surface area contributed by atoms with Crippen LogP contribution in [0, 0.1) is 5.92 Å². The van der Waals surface area contributed by atoms with Crippen molar-refractivity contribution in [2.75, 3.05) is 11.9 Å². The molecule has 0 saturated carbocycles. The van der Waals surface area contributed by atoms with Gasteiger partial charge in [0.25, 0.3) is 0 Å². The number of carboxylic acid groups (broad SMARTS) is 1. The molecule has 0 saturated heterocycles. The van der Waals surface area contributed by atoms with Crippen molar-refractivity contribution in [1.82, 2.24) is 0 Å². The fourth-order valence-electron chi connectivity index (χ4n) is 2.18. The molecule has 4 N–H and O–H groups in total. The maximum Gasteiger partial charge on any atom is 0.339 e. The van der Waals surface area contributed by atoms with Crippen molar-refractivity contribution in [2.24, 2.45) is 11.7 Å². The molecule has 0 heterocycles. The number of anilines is 1. The zero-order valence-electron chi connectivity index (χ0n) is 12.1. The van der Waals surface area contributed by atoms with Crippen LogP contribution >= 0.6 is 11.6 Å². The molecule has 0 aromatic heterocycles. The molecule has 21 heavy (non-hydrogen) atoms. The number of nitrogens with one attached hydrogen (secondary N) is 1. The first-order chi connectivity index (χ1) is 9.99. The van der Waals surface area contributed by atoms with Crippen LogP contribution in [0.2, 0.25) is 5.02 Å². The molecule has 0 bridgehead atoms. The number of aromatic carboxylic acids is 1. The van der Waals surface area contributed by atoms with Gasteiger partial charge in [0.1, 0.15) is 5.56 Å². The number of hydrogen-bond donors (Lipinski definition) is 3. The van der Waals surface area contributed by atoms with Crippen molar-refractivity contribution in [3.05, 3.63) is 28.8 Å². The normalized spacial score (nSPS) is 12.0. The quantitative estimate of drug-likeness (QED) is 0.687. The molecule has 6 heteroatoms. The van der Waals surface area contributed by atoms with E-state index in [4.69, 9.17) is 22.4 Å². The minimum absolute atomic E-state index is 0.0819. The molecule has 0 aliphatic carbocycles. The molecule has 0 fully saturated rings. The fraction of sp³-hybridized carbons (Fsp3) is 0.467. The number of rotatable bonds is 8. The lowest BCUT2D eigenvalue weighted by atomic mass is 9.96. The maximum absolute atomic E-state index is 11.9. The fourth-order valence-corrected chi connectivity index (χ4v) is 2.44. The standard InChI is InChI=1S/C15H21ClN2O3/c1-2-10(8-9-17)6-7-13(19)18-12-5-3-4-11(16)14(12)15(20)21/h3-5,10H,2,6-9,17H2,1H3,(H,18,19)(H,20,21). The van der Waals surface area contributed by atoms with E-state index in [2.05, 4.69) is 12.2 Å². The molecule has 116 valence electrons. The summed E-state index contributed by atoms with van der Waals surface area (Å²) >= 11 is 5.85. The molecule has 1 aromatic rings. The number of benzene rings is 1. The van der Waals surface area contributed by atoms with Crippen molar-refractivity contribution in [3.63, 3.8) is 0 Å². The van der Waals surface area contributed by atoms with Gasteiger partial charge in [-0.05, 0) is 37.4 Å². The van der Waals surface area contributed by atoms with Crippen molar-refractivity contribution in [3.8, 4) is 0 Å². The third-order valence-corrected chi connectivity index (χ3v) is 3.75. The molecule has 0 aliphatic rings. The van der Waals surface area contributed by atoms with E-state index in [0.717, 1.165) is 19.3 Å². The summed E-state index contributed by atoms with van der Waals surface area (Å²) in [6.07, 6.45) is 2.94. The average Bonchev–Trinajstić information content (AvgIpc) is 2.43. The predicted octanol–water partition coefficient (Wildman–Crippen LogP) is 3.13. The van der Waals surface area contributed by atoms with E-state index in [9.17, 15) is 9.59 Å². The van der Waals surface area contributed by atoms with Crippen LogP contribution in [0.5, 0.6) is 0 Å². The van der Waals surface area contributed by atoms with Gasteiger partial charge in [0.2, 0.25) is 5.91 Å². The molecule has 1 unspecified atom stereocenters. The van der Waals surface area contributed by atoms with Gasteiger partial charge >= 0.3 is 5.97 Å². The van der Waals surface area contributed by atoms with Crippen molar-refractivity contribution in [2.45, 2.75) is 32.6 Å². The van der Waals surface area contributed by atoms with Gasteiger partial charge in [0.15, 0.2) is 0 Å². The Morgan fingerprint density at radius 3 is 2.67 bits per heavy atom. The summed E-state index contributed by atoms with van der Waals surface area (Å²) in [4.78, 5) is 23.1. The Bertz CT molecular complexity index is 506. The Labute approximate surface area is 129 Å². The van der Waals surface area contributed by atoms with Crippen LogP contribution < -0.4 is 11.1 Å². The van der Waals surface area contributed by atoms with Crippen LogP contribution in [0.3, 0.4) is 0 Å². The van der Waals surface area contributed by atoms with Gasteiger partial charge in [-0.3, -0.25) is 4.79 Å². The highest BCUT2D eigenvalue weighted by Crippen LogP contribution is 2.25. The Morgan fingerprint density at radius 2 is 2.10 bits per heavy atom. The molecule has 1 rings (SSSR count). The summed E-state index contributed by atoms with van der Waals surface area (Å²) in [5, 5.41) is 11.9. The van der Waals surface area contributed by atoms with Gasteiger partial charge in [-0.25, -0.2) is 4.79 Å². The summed E-state index contributed by atoms with van der Waals surface area (Å²) in [7, 11) is 0. The Hall–Kier alpha value is -1.59. The van der Waals surface area contributed by atoms with Crippen molar-refractivity contribution >= 4 is 29.2 Å². The minimum Gasteiger partial charge on any atom is -0.478 e. The predicted molar refractivity (Wildman–Crippen MR) is 83.7 cm³/mol. The molecule has 1 aromatic carbocycles. The van der Waals surface area contributed by atoms with Gasteiger partial charge in [-0.15, -0.1) is 0 Å². The van der Waals surface area contributed by atoms with E-state index in [1.165, 1.54) is 12.1 Å². The molecule has 1 amide bonds. The number of carbonyl (C=O) groups is 2. The monoisotopic (exact) mass is 312 g/mol. The molecule has 5 nitrogen and oxygen atoms in total. The molecular weight excluding hydrogens is 292 g/mol. The second-order valence-electron chi connectivity index (χ2n) is 4.91. The Morgan fingerprint density at radius 1 is 1.38 bits per heavy atom. The largest absolute Gasteiger partial charge is 0.478 e. The van der Waals surface area contributed by atoms with Crippen LogP contribution in [0.4, 0.5) is 5.69 Å². The van der Waals surface area contributed by atoms with Crippen LogP contribution in [-0.4, -0.2) is 23.5 Å². The minimum atomic E-state index is -1.16. The summed E-state index contributed by atoms with van der Waals surface area (Å²) in [6, 6.07) is 4.62. The first-order valence-corrected chi connectivity index (χ1v) is 7.39. The number of hydrogen-bond acceptors (Lipinski definition) is 3. The van der Waals surface area contributed by atoms with Gasteiger partial charge in [0, 0.05) is 6.42 Å². The van der Waals surface area contributed by atoms with Gasteiger partial charge in [0.05, 0.1) is 10.7 Å². The lowest BCUT2D eigenvalue weighted by molar-refractivity contribution is -0.116. The van der Waals surface area contributed by atoms with Gasteiger partial charge in [-0.1, -0.05) is 31.0 Å². The van der Waals surface area contributed by atoms with Crippen LogP contribution in [-0.2, 0) is 4.79 Å². The highest BCUT2D eigenvalue weighted by Gasteiger charge is 2.16. The Balaban J connectivity index is 2.67. The van der Waals surface area contributed by atoms with E-state index in [1.54, 1.807) is 6.07 Å². The molecule has 0 aliphatic heterocycles. The summed E-state index contributed by atoms with van der Waals surface area (Å²) in [5.74, 6) is -0.959. The number of carboxylic acids is 1. The molecule has 0 spiro atoms. The Kier molecular flexibility index (Phi) is 7.19. The zero-order valence-corrected chi connectivity index (χ0v) is 12.8. The number of halogens is 1.